The molecular formula is C14H14F3N3. The van der Waals surface area contributed by atoms with Crippen LogP contribution in [0.25, 0.3) is 0 Å². The molecule has 20 heavy (non-hydrogen) atoms. The third-order valence-corrected chi connectivity index (χ3v) is 2.81. The van der Waals surface area contributed by atoms with Gasteiger partial charge in [0.2, 0.25) is 0 Å². The zero-order valence-corrected chi connectivity index (χ0v) is 10.6. The number of aromatic nitrogens is 1. The Morgan fingerprint density at radius 3 is 2.35 bits per heavy atom. The first-order chi connectivity index (χ1) is 9.50. The van der Waals surface area contributed by atoms with Crippen molar-refractivity contribution in [1.29, 1.82) is 0 Å². The summed E-state index contributed by atoms with van der Waals surface area (Å²) in [6.45, 7) is 0.345. The maximum absolute atomic E-state index is 12.7. The largest absolute Gasteiger partial charge is 0.433 e. The fourth-order valence-electron chi connectivity index (χ4n) is 1.77. The number of para-hydroxylation sites is 1. The fraction of sp³-hybridized carbons (Fsp3) is 0.214. The van der Waals surface area contributed by atoms with Crippen LogP contribution in [0.4, 0.5) is 18.9 Å². The first-order valence-electron chi connectivity index (χ1n) is 6.05. The van der Waals surface area contributed by atoms with Crippen molar-refractivity contribution >= 4 is 5.69 Å². The summed E-state index contributed by atoms with van der Waals surface area (Å²) in [4.78, 5) is 3.66. The van der Waals surface area contributed by atoms with Crippen LogP contribution in [0.5, 0.6) is 0 Å². The molecule has 1 aromatic carbocycles. The molecule has 0 atom stereocenters. The first-order valence-corrected chi connectivity index (χ1v) is 6.05. The van der Waals surface area contributed by atoms with Gasteiger partial charge in [-0.1, -0.05) is 24.3 Å². The molecule has 0 aliphatic rings. The van der Waals surface area contributed by atoms with Gasteiger partial charge >= 0.3 is 6.18 Å². The van der Waals surface area contributed by atoms with Gasteiger partial charge in [-0.15, -0.1) is 0 Å². The summed E-state index contributed by atoms with van der Waals surface area (Å²) < 4.78 is 38.0. The van der Waals surface area contributed by atoms with E-state index in [0.29, 0.717) is 11.3 Å². The van der Waals surface area contributed by atoms with Crippen LogP contribution in [0.15, 0.2) is 42.5 Å². The van der Waals surface area contributed by atoms with Crippen LogP contribution in [0, 0.1) is 0 Å². The van der Waals surface area contributed by atoms with Crippen molar-refractivity contribution < 1.29 is 13.2 Å². The van der Waals surface area contributed by atoms with Gasteiger partial charge in [-0.3, -0.25) is 0 Å². The zero-order chi connectivity index (χ0) is 14.6. The van der Waals surface area contributed by atoms with Gasteiger partial charge in [0, 0.05) is 12.2 Å². The highest BCUT2D eigenvalue weighted by Gasteiger charge is 2.32. The summed E-state index contributed by atoms with van der Waals surface area (Å²) in [5.74, 6) is 0. The molecule has 3 N–H and O–H groups in total. The number of hydrogen-bond donors (Lipinski definition) is 2. The highest BCUT2D eigenvalue weighted by Crippen LogP contribution is 2.28. The highest BCUT2D eigenvalue weighted by atomic mass is 19.4. The van der Waals surface area contributed by atoms with E-state index in [0.717, 1.165) is 11.8 Å². The zero-order valence-electron chi connectivity index (χ0n) is 10.6. The number of halogens is 3. The maximum Gasteiger partial charge on any atom is 0.433 e. The number of benzene rings is 1. The number of hydrogen-bond acceptors (Lipinski definition) is 3. The molecule has 0 aliphatic carbocycles. The molecule has 2 aromatic rings. The van der Waals surface area contributed by atoms with Crippen molar-refractivity contribution in [3.05, 3.63) is 59.4 Å². The van der Waals surface area contributed by atoms with E-state index in [9.17, 15) is 13.2 Å². The summed E-state index contributed by atoms with van der Waals surface area (Å²) in [6, 6.07) is 11.5. The normalized spacial score (nSPS) is 11.4. The summed E-state index contributed by atoms with van der Waals surface area (Å²) in [7, 11) is 0. The van der Waals surface area contributed by atoms with Crippen molar-refractivity contribution in [1.82, 2.24) is 4.98 Å². The number of nitrogens with two attached hydrogens (primary N) is 1. The third-order valence-electron chi connectivity index (χ3n) is 2.81. The van der Waals surface area contributed by atoms with Gasteiger partial charge in [0.1, 0.15) is 5.69 Å². The molecule has 0 unspecified atom stereocenters. The molecule has 106 valence electrons. The lowest BCUT2D eigenvalue weighted by Crippen LogP contribution is -2.14. The summed E-state index contributed by atoms with van der Waals surface area (Å²) in [5, 5.41) is 3.03. The van der Waals surface area contributed by atoms with Crippen molar-refractivity contribution in [2.75, 3.05) is 5.32 Å². The predicted octanol–water partition coefficient (Wildman–Crippen LogP) is 3.17. The molecule has 0 saturated carbocycles. The Hall–Kier alpha value is -2.08. The smallest absolute Gasteiger partial charge is 0.379 e. The van der Waals surface area contributed by atoms with Crippen molar-refractivity contribution in [3.63, 3.8) is 0 Å². The lowest BCUT2D eigenvalue weighted by atomic mass is 10.1. The number of anilines is 1. The van der Waals surface area contributed by atoms with E-state index in [4.69, 9.17) is 5.73 Å². The molecule has 2 rings (SSSR count). The van der Waals surface area contributed by atoms with Gasteiger partial charge in [-0.25, -0.2) is 4.98 Å². The van der Waals surface area contributed by atoms with E-state index < -0.39 is 11.9 Å². The number of nitrogens with one attached hydrogen (secondary N) is 1. The molecular weight excluding hydrogens is 267 g/mol. The average Bonchev–Trinajstić information content (AvgIpc) is 2.45. The van der Waals surface area contributed by atoms with Crippen LogP contribution < -0.4 is 11.1 Å². The molecule has 0 bridgehead atoms. The number of nitrogens with zero attached hydrogens (tertiary/aromatic N) is 1. The maximum atomic E-state index is 12.7. The minimum absolute atomic E-state index is 0.150. The van der Waals surface area contributed by atoms with Crippen LogP contribution in [0.3, 0.4) is 0 Å². The molecule has 0 amide bonds. The molecule has 0 fully saturated rings. The van der Waals surface area contributed by atoms with Crippen LogP contribution in [-0.2, 0) is 19.3 Å². The number of alkyl halides is 3. The van der Waals surface area contributed by atoms with Crippen LogP contribution in [-0.4, -0.2) is 4.98 Å². The molecule has 1 heterocycles. The van der Waals surface area contributed by atoms with E-state index in [-0.39, 0.29) is 13.1 Å². The quantitative estimate of drug-likeness (QED) is 0.905. The van der Waals surface area contributed by atoms with Crippen LogP contribution in [0.1, 0.15) is 17.0 Å². The monoisotopic (exact) mass is 281 g/mol. The minimum Gasteiger partial charge on any atom is -0.379 e. The third kappa shape index (κ3) is 3.48. The van der Waals surface area contributed by atoms with Gasteiger partial charge in [0.25, 0.3) is 0 Å². The van der Waals surface area contributed by atoms with Crippen LogP contribution >= 0.6 is 0 Å². The van der Waals surface area contributed by atoms with Gasteiger partial charge in [0.15, 0.2) is 0 Å². The molecule has 6 heteroatoms. The summed E-state index contributed by atoms with van der Waals surface area (Å²) >= 11 is 0. The van der Waals surface area contributed by atoms with Crippen molar-refractivity contribution in [2.24, 2.45) is 5.73 Å². The predicted molar refractivity (Wildman–Crippen MR) is 70.9 cm³/mol. The second kappa shape index (κ2) is 5.92. The molecule has 0 radical (unpaired) electrons. The second-order valence-corrected chi connectivity index (χ2v) is 4.22. The van der Waals surface area contributed by atoms with Crippen molar-refractivity contribution in [2.45, 2.75) is 19.3 Å². The van der Waals surface area contributed by atoms with Gasteiger partial charge in [0.05, 0.1) is 12.2 Å². The Labute approximate surface area is 114 Å². The first kappa shape index (κ1) is 14.3. The standard InChI is InChI=1S/C14H14F3N3/c15-14(16,17)13-7-6-10(8-18)12(20-13)9-19-11-4-2-1-3-5-11/h1-7,19H,8-9,18H2. The summed E-state index contributed by atoms with van der Waals surface area (Å²) in [6.07, 6.45) is -4.45. The molecule has 0 spiro atoms. The average molecular weight is 281 g/mol. The molecule has 0 aliphatic heterocycles. The lowest BCUT2D eigenvalue weighted by Gasteiger charge is -2.13. The van der Waals surface area contributed by atoms with Gasteiger partial charge < -0.3 is 11.1 Å². The Morgan fingerprint density at radius 2 is 1.75 bits per heavy atom. The lowest BCUT2D eigenvalue weighted by molar-refractivity contribution is -0.141. The Balaban J connectivity index is 2.21. The second-order valence-electron chi connectivity index (χ2n) is 4.22. The van der Waals surface area contributed by atoms with Gasteiger partial charge in [-0.2, -0.15) is 13.2 Å². The van der Waals surface area contributed by atoms with E-state index in [1.807, 2.05) is 30.3 Å². The molecule has 0 saturated heterocycles. The van der Waals surface area contributed by atoms with Crippen LogP contribution in [0.2, 0.25) is 0 Å². The Morgan fingerprint density at radius 1 is 1.05 bits per heavy atom. The number of rotatable bonds is 4. The topological polar surface area (TPSA) is 50.9 Å². The Bertz CT molecular complexity index is 568. The van der Waals surface area contributed by atoms with Gasteiger partial charge in [-0.05, 0) is 23.8 Å². The summed E-state index contributed by atoms with van der Waals surface area (Å²) in [5.41, 5.74) is 6.35. The SMILES string of the molecule is NCc1ccc(C(F)(F)F)nc1CNc1ccccc1. The van der Waals surface area contributed by atoms with E-state index >= 15 is 0 Å². The Kier molecular flexibility index (Phi) is 4.24. The molecule has 3 nitrogen and oxygen atoms in total. The highest BCUT2D eigenvalue weighted by molar-refractivity contribution is 5.43. The van der Waals surface area contributed by atoms with Crippen molar-refractivity contribution in [3.8, 4) is 0 Å². The molecule has 1 aromatic heterocycles. The van der Waals surface area contributed by atoms with E-state index in [2.05, 4.69) is 10.3 Å². The van der Waals surface area contributed by atoms with E-state index in [1.165, 1.54) is 6.07 Å². The van der Waals surface area contributed by atoms with E-state index in [1.54, 1.807) is 0 Å². The minimum atomic E-state index is -4.45. The number of pyridine rings is 1. The fourth-order valence-corrected chi connectivity index (χ4v) is 1.77.